The zero-order chi connectivity index (χ0) is 21.9. The molecule has 0 unspecified atom stereocenters. The van der Waals surface area contributed by atoms with Gasteiger partial charge in [-0.25, -0.2) is 4.98 Å². The van der Waals surface area contributed by atoms with Gasteiger partial charge >= 0.3 is 0 Å². The zero-order valence-corrected chi connectivity index (χ0v) is 17.6. The van der Waals surface area contributed by atoms with Gasteiger partial charge in [-0.15, -0.1) is 10.2 Å². The summed E-state index contributed by atoms with van der Waals surface area (Å²) in [6.07, 6.45) is 1.78. The van der Waals surface area contributed by atoms with Gasteiger partial charge in [-0.1, -0.05) is 23.4 Å². The first kappa shape index (κ1) is 18.3. The van der Waals surface area contributed by atoms with Gasteiger partial charge in [0.25, 0.3) is 5.89 Å². The van der Waals surface area contributed by atoms with Crippen molar-refractivity contribution in [1.29, 1.82) is 0 Å². The first-order valence-electron chi connectivity index (χ1n) is 10.5. The van der Waals surface area contributed by atoms with Crippen LogP contribution in [0.2, 0.25) is 0 Å². The van der Waals surface area contributed by atoms with E-state index < -0.39 is 0 Å². The second kappa shape index (κ2) is 6.84. The lowest BCUT2D eigenvalue weighted by Crippen LogP contribution is -2.09. The van der Waals surface area contributed by atoms with Crippen LogP contribution in [0.3, 0.4) is 0 Å². The van der Waals surface area contributed by atoms with Crippen LogP contribution >= 0.6 is 0 Å². The summed E-state index contributed by atoms with van der Waals surface area (Å²) in [4.78, 5) is 9.35. The molecule has 7 rings (SSSR count). The number of ether oxygens (including phenoxy) is 2. The molecule has 0 radical (unpaired) electrons. The van der Waals surface area contributed by atoms with Crippen LogP contribution in [0.15, 0.2) is 53.3 Å². The van der Waals surface area contributed by atoms with Gasteiger partial charge in [-0.05, 0) is 29.8 Å². The fourth-order valence-electron chi connectivity index (χ4n) is 4.44. The fourth-order valence-corrected chi connectivity index (χ4v) is 4.44. The van der Waals surface area contributed by atoms with Crippen molar-refractivity contribution in [3.63, 3.8) is 0 Å². The molecule has 5 aromatic rings. The minimum absolute atomic E-state index is 0.304. The molecule has 2 aliphatic rings. The molecule has 2 aliphatic heterocycles. The van der Waals surface area contributed by atoms with Crippen molar-refractivity contribution in [2.75, 3.05) is 7.11 Å². The Balaban J connectivity index is 1.51. The molecule has 3 aromatic heterocycles. The maximum absolute atomic E-state index is 6.07. The lowest BCUT2D eigenvalue weighted by atomic mass is 10.1. The molecule has 0 amide bonds. The normalized spacial score (nSPS) is 13.7. The van der Waals surface area contributed by atoms with Crippen molar-refractivity contribution in [2.24, 2.45) is 0 Å². The SMILES string of the molecule is COc1ccc2c(c1)-c1nnc3n1Cc1c(ncn1-2)-c1noc(n1)-c1ccccc1COC3. The summed E-state index contributed by atoms with van der Waals surface area (Å²) in [7, 11) is 1.65. The Morgan fingerprint density at radius 1 is 1.03 bits per heavy atom. The summed E-state index contributed by atoms with van der Waals surface area (Å²) < 4.78 is 21.3. The van der Waals surface area contributed by atoms with Crippen molar-refractivity contribution in [3.05, 3.63) is 65.9 Å². The van der Waals surface area contributed by atoms with E-state index in [4.69, 9.17) is 14.0 Å². The van der Waals surface area contributed by atoms with Crippen molar-refractivity contribution in [3.8, 4) is 45.8 Å². The third kappa shape index (κ3) is 2.67. The second-order valence-electron chi connectivity index (χ2n) is 7.89. The summed E-state index contributed by atoms with van der Waals surface area (Å²) in [5.41, 5.74) is 5.15. The van der Waals surface area contributed by atoms with Crippen molar-refractivity contribution < 1.29 is 14.0 Å². The Hall–Kier alpha value is -4.31. The highest BCUT2D eigenvalue weighted by molar-refractivity contribution is 5.73. The van der Waals surface area contributed by atoms with E-state index in [0.717, 1.165) is 45.5 Å². The number of hydrogen-bond acceptors (Lipinski definition) is 8. The fraction of sp³-hybridized carbons (Fsp3) is 0.174. The molecule has 0 spiro atoms. The quantitative estimate of drug-likeness (QED) is 0.384. The van der Waals surface area contributed by atoms with Crippen LogP contribution in [-0.4, -0.2) is 41.6 Å². The van der Waals surface area contributed by atoms with Crippen LogP contribution in [0.1, 0.15) is 17.1 Å². The molecule has 33 heavy (non-hydrogen) atoms. The molecule has 162 valence electrons. The highest BCUT2D eigenvalue weighted by Gasteiger charge is 2.29. The lowest BCUT2D eigenvalue weighted by Gasteiger charge is -2.10. The average molecular weight is 439 g/mol. The van der Waals surface area contributed by atoms with E-state index in [0.29, 0.717) is 37.2 Å². The van der Waals surface area contributed by atoms with Gasteiger partial charge in [-0.3, -0.25) is 4.57 Å². The van der Waals surface area contributed by atoms with E-state index >= 15 is 0 Å². The first-order chi connectivity index (χ1) is 16.3. The molecule has 5 heterocycles. The highest BCUT2D eigenvalue weighted by Crippen LogP contribution is 2.37. The molecule has 0 saturated carbocycles. The molecule has 0 fully saturated rings. The molecule has 10 nitrogen and oxygen atoms in total. The van der Waals surface area contributed by atoms with Crippen LogP contribution < -0.4 is 4.74 Å². The number of hydrogen-bond donors (Lipinski definition) is 0. The van der Waals surface area contributed by atoms with E-state index in [2.05, 4.69) is 25.3 Å². The summed E-state index contributed by atoms with van der Waals surface area (Å²) in [5, 5.41) is 13.2. The molecule has 4 bridgehead atoms. The summed E-state index contributed by atoms with van der Waals surface area (Å²) in [5.74, 6) is 3.06. The molecular weight excluding hydrogens is 422 g/mol. The number of rotatable bonds is 1. The maximum Gasteiger partial charge on any atom is 0.258 e. The van der Waals surface area contributed by atoms with Crippen molar-refractivity contribution in [2.45, 2.75) is 19.8 Å². The molecule has 0 N–H and O–H groups in total. The number of nitrogens with zero attached hydrogens (tertiary/aromatic N) is 7. The van der Waals surface area contributed by atoms with Gasteiger partial charge in [-0.2, -0.15) is 4.98 Å². The number of benzene rings is 2. The van der Waals surface area contributed by atoms with E-state index in [1.54, 1.807) is 13.4 Å². The largest absolute Gasteiger partial charge is 0.497 e. The number of imidazole rings is 1. The minimum atomic E-state index is 0.304. The third-order valence-electron chi connectivity index (χ3n) is 6.08. The highest BCUT2D eigenvalue weighted by atomic mass is 16.5. The van der Waals surface area contributed by atoms with E-state index in [-0.39, 0.29) is 0 Å². The molecule has 10 heteroatoms. The lowest BCUT2D eigenvalue weighted by molar-refractivity contribution is 0.0995. The Bertz CT molecular complexity index is 1530. The number of aromatic nitrogens is 7. The van der Waals surface area contributed by atoms with Crippen LogP contribution in [0.4, 0.5) is 0 Å². The molecule has 2 aromatic carbocycles. The summed E-state index contributed by atoms with van der Waals surface area (Å²) in [6, 6.07) is 13.7. The summed E-state index contributed by atoms with van der Waals surface area (Å²) in [6.45, 7) is 1.15. The molecule has 0 atom stereocenters. The topological polar surface area (TPSA) is 106 Å². The Labute approximate surface area is 187 Å². The summed E-state index contributed by atoms with van der Waals surface area (Å²) >= 11 is 0. The Kier molecular flexibility index (Phi) is 3.79. The van der Waals surface area contributed by atoms with Gasteiger partial charge in [0, 0.05) is 11.1 Å². The van der Waals surface area contributed by atoms with Gasteiger partial charge in [0.2, 0.25) is 5.82 Å². The minimum Gasteiger partial charge on any atom is -0.497 e. The van der Waals surface area contributed by atoms with Gasteiger partial charge < -0.3 is 18.6 Å². The smallest absolute Gasteiger partial charge is 0.258 e. The van der Waals surface area contributed by atoms with Crippen LogP contribution in [0, 0.1) is 0 Å². The first-order valence-corrected chi connectivity index (χ1v) is 10.5. The zero-order valence-electron chi connectivity index (χ0n) is 17.6. The van der Waals surface area contributed by atoms with Crippen LogP contribution in [0.25, 0.3) is 40.0 Å². The predicted molar refractivity (Wildman–Crippen MR) is 115 cm³/mol. The van der Waals surface area contributed by atoms with Crippen LogP contribution in [0.5, 0.6) is 5.75 Å². The number of fused-ring (bicyclic) bond motifs is 8. The second-order valence-corrected chi connectivity index (χ2v) is 7.89. The van der Waals surface area contributed by atoms with Gasteiger partial charge in [0.1, 0.15) is 24.4 Å². The molecule has 0 saturated heterocycles. The maximum atomic E-state index is 6.07. The van der Waals surface area contributed by atoms with E-state index in [9.17, 15) is 0 Å². The van der Waals surface area contributed by atoms with E-state index in [1.165, 1.54) is 0 Å². The van der Waals surface area contributed by atoms with Gasteiger partial charge in [0.05, 0.1) is 31.6 Å². The standard InChI is InChI=1S/C23H17N7O3/c1-31-14-6-7-17-16(8-14)22-27-26-19-11-32-10-13-4-2-3-5-15(13)23-25-21(28-33-23)20-18(9-29(19)22)30(17)12-24-20/h2-8,12H,9-11H2,1H3. The van der Waals surface area contributed by atoms with Gasteiger partial charge in [0.15, 0.2) is 11.6 Å². The molecular formula is C23H17N7O3. The van der Waals surface area contributed by atoms with Crippen molar-refractivity contribution in [1.82, 2.24) is 34.5 Å². The Morgan fingerprint density at radius 3 is 2.91 bits per heavy atom. The molecule has 0 aliphatic carbocycles. The van der Waals surface area contributed by atoms with E-state index in [1.807, 2.05) is 51.6 Å². The van der Waals surface area contributed by atoms with Crippen LogP contribution in [-0.2, 0) is 24.5 Å². The number of methoxy groups -OCH3 is 1. The average Bonchev–Trinajstić information content (AvgIpc) is 3.56. The Morgan fingerprint density at radius 2 is 1.97 bits per heavy atom. The predicted octanol–water partition coefficient (Wildman–Crippen LogP) is 3.25. The third-order valence-corrected chi connectivity index (χ3v) is 6.08. The van der Waals surface area contributed by atoms with Crippen molar-refractivity contribution >= 4 is 0 Å². The monoisotopic (exact) mass is 439 g/mol.